The molecule has 5 nitrogen and oxygen atoms in total. The summed E-state index contributed by atoms with van der Waals surface area (Å²) in [5.74, 6) is 2.38. The second kappa shape index (κ2) is 5.36. The van der Waals surface area contributed by atoms with E-state index in [-0.39, 0.29) is 0 Å². The maximum Gasteiger partial charge on any atom is 0.243 e. The molecule has 1 N–H and O–H groups in total. The van der Waals surface area contributed by atoms with Crippen molar-refractivity contribution in [2.24, 2.45) is 5.92 Å². The zero-order chi connectivity index (χ0) is 12.4. The monoisotopic (exact) mass is 250 g/mol. The Morgan fingerprint density at radius 2 is 2.39 bits per heavy atom. The average Bonchev–Trinajstić information content (AvgIpc) is 3.10. The molecule has 2 fully saturated rings. The van der Waals surface area contributed by atoms with Crippen LogP contribution < -0.4 is 5.32 Å². The highest BCUT2D eigenvalue weighted by Gasteiger charge is 2.25. The molecule has 2 unspecified atom stereocenters. The van der Waals surface area contributed by atoms with Crippen molar-refractivity contribution in [3.05, 3.63) is 11.7 Å². The second-order valence-corrected chi connectivity index (χ2v) is 5.45. The van der Waals surface area contributed by atoms with E-state index in [4.69, 9.17) is 4.52 Å². The van der Waals surface area contributed by atoms with Crippen LogP contribution in [0, 0.1) is 5.92 Å². The van der Waals surface area contributed by atoms with Crippen LogP contribution in [0.1, 0.15) is 43.9 Å². The van der Waals surface area contributed by atoms with Crippen molar-refractivity contribution in [1.82, 2.24) is 20.4 Å². The van der Waals surface area contributed by atoms with Crippen molar-refractivity contribution >= 4 is 0 Å². The van der Waals surface area contributed by atoms with Crippen molar-refractivity contribution < 1.29 is 4.52 Å². The molecule has 1 aromatic heterocycles. The fourth-order valence-corrected chi connectivity index (χ4v) is 3.01. The van der Waals surface area contributed by atoms with Crippen molar-refractivity contribution in [1.29, 1.82) is 0 Å². The number of hydrogen-bond acceptors (Lipinski definition) is 5. The van der Waals surface area contributed by atoms with Crippen molar-refractivity contribution in [2.75, 3.05) is 26.2 Å². The Morgan fingerprint density at radius 3 is 3.11 bits per heavy atom. The fourth-order valence-electron chi connectivity index (χ4n) is 3.01. The molecule has 3 rings (SSSR count). The first kappa shape index (κ1) is 12.1. The van der Waals surface area contributed by atoms with Gasteiger partial charge in [0.1, 0.15) is 0 Å². The Labute approximate surface area is 108 Å². The highest BCUT2D eigenvalue weighted by molar-refractivity contribution is 4.97. The third-order valence-corrected chi connectivity index (χ3v) is 4.13. The molecule has 18 heavy (non-hydrogen) atoms. The minimum absolute atomic E-state index is 0.293. The second-order valence-electron chi connectivity index (χ2n) is 5.45. The minimum atomic E-state index is 0.293. The third-order valence-electron chi connectivity index (χ3n) is 4.13. The standard InChI is InChI=1S/C13H22N4O/c1-2-17-7-5-10(9-17)8-12-15-13(18-16-12)11-4-3-6-14-11/h10-11,14H,2-9H2,1H3. The molecule has 2 aliphatic rings. The maximum atomic E-state index is 5.37. The van der Waals surface area contributed by atoms with Gasteiger partial charge in [-0.25, -0.2) is 0 Å². The molecule has 0 aliphatic carbocycles. The van der Waals surface area contributed by atoms with Gasteiger partial charge in [-0.1, -0.05) is 12.1 Å². The predicted molar refractivity (Wildman–Crippen MR) is 68.2 cm³/mol. The van der Waals surface area contributed by atoms with E-state index in [0.29, 0.717) is 12.0 Å². The van der Waals surface area contributed by atoms with Gasteiger partial charge in [0.25, 0.3) is 0 Å². The number of hydrogen-bond donors (Lipinski definition) is 1. The summed E-state index contributed by atoms with van der Waals surface area (Å²) < 4.78 is 5.37. The van der Waals surface area contributed by atoms with Gasteiger partial charge in [0.05, 0.1) is 6.04 Å². The summed E-state index contributed by atoms with van der Waals surface area (Å²) in [4.78, 5) is 7.04. The molecule has 0 spiro atoms. The van der Waals surface area contributed by atoms with Crippen LogP contribution in [0.5, 0.6) is 0 Å². The Bertz CT molecular complexity index is 386. The summed E-state index contributed by atoms with van der Waals surface area (Å²) in [7, 11) is 0. The van der Waals surface area contributed by atoms with Crippen LogP contribution in [0.25, 0.3) is 0 Å². The van der Waals surface area contributed by atoms with Gasteiger partial charge in [-0.2, -0.15) is 4.98 Å². The van der Waals surface area contributed by atoms with Gasteiger partial charge in [0.15, 0.2) is 5.82 Å². The van der Waals surface area contributed by atoms with Crippen LogP contribution in [0.4, 0.5) is 0 Å². The smallest absolute Gasteiger partial charge is 0.243 e. The third kappa shape index (κ3) is 2.57. The zero-order valence-corrected chi connectivity index (χ0v) is 11.1. The van der Waals surface area contributed by atoms with Gasteiger partial charge < -0.3 is 14.7 Å². The van der Waals surface area contributed by atoms with E-state index in [1.54, 1.807) is 0 Å². The first-order valence-corrected chi connectivity index (χ1v) is 7.13. The van der Waals surface area contributed by atoms with Crippen LogP contribution >= 0.6 is 0 Å². The topological polar surface area (TPSA) is 54.2 Å². The van der Waals surface area contributed by atoms with Gasteiger partial charge in [-0.3, -0.25) is 0 Å². The summed E-state index contributed by atoms with van der Waals surface area (Å²) >= 11 is 0. The van der Waals surface area contributed by atoms with E-state index in [9.17, 15) is 0 Å². The molecular formula is C13H22N4O. The van der Waals surface area contributed by atoms with E-state index in [1.807, 2.05) is 0 Å². The van der Waals surface area contributed by atoms with Crippen molar-refractivity contribution in [3.8, 4) is 0 Å². The summed E-state index contributed by atoms with van der Waals surface area (Å²) in [6, 6.07) is 0.293. The summed E-state index contributed by atoms with van der Waals surface area (Å²) in [5, 5.41) is 7.52. The van der Waals surface area contributed by atoms with Crippen LogP contribution in [0.15, 0.2) is 4.52 Å². The number of aromatic nitrogens is 2. The normalized spacial score (nSPS) is 29.2. The largest absolute Gasteiger partial charge is 0.338 e. The molecule has 3 heterocycles. The van der Waals surface area contributed by atoms with Gasteiger partial charge in [0, 0.05) is 13.0 Å². The summed E-state index contributed by atoms with van der Waals surface area (Å²) in [6.07, 6.45) is 4.55. The van der Waals surface area contributed by atoms with Gasteiger partial charge >= 0.3 is 0 Å². The molecule has 2 saturated heterocycles. The quantitative estimate of drug-likeness (QED) is 0.875. The fraction of sp³-hybridized carbons (Fsp3) is 0.846. The molecule has 2 atom stereocenters. The van der Waals surface area contributed by atoms with Crippen molar-refractivity contribution in [2.45, 2.75) is 38.6 Å². The maximum absolute atomic E-state index is 5.37. The first-order chi connectivity index (χ1) is 8.85. The Kier molecular flexibility index (Phi) is 3.61. The minimum Gasteiger partial charge on any atom is -0.338 e. The van der Waals surface area contributed by atoms with Crippen LogP contribution in [0.3, 0.4) is 0 Å². The number of rotatable bonds is 4. The van der Waals surface area contributed by atoms with Crippen LogP contribution in [-0.2, 0) is 6.42 Å². The number of nitrogens with one attached hydrogen (secondary N) is 1. The molecule has 0 amide bonds. The summed E-state index contributed by atoms with van der Waals surface area (Å²) in [5.41, 5.74) is 0. The lowest BCUT2D eigenvalue weighted by atomic mass is 10.1. The average molecular weight is 250 g/mol. The van der Waals surface area contributed by atoms with E-state index in [1.165, 1.54) is 25.9 Å². The lowest BCUT2D eigenvalue weighted by molar-refractivity contribution is 0.332. The SMILES string of the molecule is CCN1CCC(Cc2noc(C3CCCN3)n2)C1. The molecular weight excluding hydrogens is 228 g/mol. The number of nitrogens with zero attached hydrogens (tertiary/aromatic N) is 3. The molecule has 0 radical (unpaired) electrons. The Balaban J connectivity index is 1.57. The highest BCUT2D eigenvalue weighted by atomic mass is 16.5. The lowest BCUT2D eigenvalue weighted by Crippen LogP contribution is -2.20. The molecule has 1 aromatic rings. The Hall–Kier alpha value is -0.940. The molecule has 0 bridgehead atoms. The van der Waals surface area contributed by atoms with Gasteiger partial charge in [0.2, 0.25) is 5.89 Å². The number of likely N-dealkylation sites (tertiary alicyclic amines) is 1. The molecule has 0 saturated carbocycles. The molecule has 2 aliphatic heterocycles. The predicted octanol–water partition coefficient (Wildman–Crippen LogP) is 1.38. The Morgan fingerprint density at radius 1 is 1.44 bits per heavy atom. The van der Waals surface area contributed by atoms with E-state index in [0.717, 1.165) is 37.6 Å². The van der Waals surface area contributed by atoms with Gasteiger partial charge in [-0.05, 0) is 44.8 Å². The van der Waals surface area contributed by atoms with Crippen LogP contribution in [-0.4, -0.2) is 41.2 Å². The van der Waals surface area contributed by atoms with Crippen molar-refractivity contribution in [3.63, 3.8) is 0 Å². The van der Waals surface area contributed by atoms with Gasteiger partial charge in [-0.15, -0.1) is 0 Å². The highest BCUT2D eigenvalue weighted by Crippen LogP contribution is 2.23. The van der Waals surface area contributed by atoms with E-state index >= 15 is 0 Å². The molecule has 100 valence electrons. The zero-order valence-electron chi connectivity index (χ0n) is 11.1. The molecule has 5 heteroatoms. The summed E-state index contributed by atoms with van der Waals surface area (Å²) in [6.45, 7) is 6.84. The van der Waals surface area contributed by atoms with E-state index < -0.39 is 0 Å². The lowest BCUT2D eigenvalue weighted by Gasteiger charge is -2.11. The van der Waals surface area contributed by atoms with Crippen LogP contribution in [0.2, 0.25) is 0 Å². The van der Waals surface area contributed by atoms with E-state index in [2.05, 4.69) is 27.3 Å². The molecule has 0 aromatic carbocycles. The first-order valence-electron chi connectivity index (χ1n) is 7.13.